The van der Waals surface area contributed by atoms with E-state index in [4.69, 9.17) is 21.9 Å². The minimum Gasteiger partial charge on any atom is -0.330 e. The molecule has 0 aliphatic heterocycles. The van der Waals surface area contributed by atoms with Gasteiger partial charge in [-0.3, -0.25) is 4.55 Å². The zero-order chi connectivity index (χ0) is 16.1. The molecule has 0 radical (unpaired) electrons. The van der Waals surface area contributed by atoms with Gasteiger partial charge in [0.25, 0.3) is 0 Å². The Balaban J connectivity index is 0.000000382. The van der Waals surface area contributed by atoms with Crippen molar-refractivity contribution in [2.45, 2.75) is 62.5 Å². The van der Waals surface area contributed by atoms with Crippen LogP contribution in [0.3, 0.4) is 0 Å². The highest BCUT2D eigenvalue weighted by Gasteiger charge is 2.11. The van der Waals surface area contributed by atoms with Crippen LogP contribution in [0, 0.1) is 0 Å². The Morgan fingerprint density at radius 3 is 1.95 bits per heavy atom. The molecule has 1 rings (SSSR count). The van der Waals surface area contributed by atoms with Gasteiger partial charge in [-0.2, -0.15) is 8.42 Å². The third-order valence-electron chi connectivity index (χ3n) is 2.86. The number of unbranched alkanes of at least 4 members (excludes halogenated alkanes) is 7. The van der Waals surface area contributed by atoms with E-state index in [0.717, 1.165) is 17.9 Å². The van der Waals surface area contributed by atoms with E-state index >= 15 is 0 Å². The van der Waals surface area contributed by atoms with Gasteiger partial charge < -0.3 is 5.73 Å². The Hall–Kier alpha value is -0.140. The van der Waals surface area contributed by atoms with Gasteiger partial charge in [0.15, 0.2) is 0 Å². The zero-order valence-corrected chi connectivity index (χ0v) is 14.9. The predicted molar refractivity (Wildman–Crippen MR) is 90.8 cm³/mol. The second-order valence-corrected chi connectivity index (χ2v) is 8.16. The van der Waals surface area contributed by atoms with Crippen LogP contribution in [-0.2, 0) is 10.1 Å². The molecule has 0 fully saturated rings. The van der Waals surface area contributed by atoms with Crippen molar-refractivity contribution in [1.29, 1.82) is 0 Å². The van der Waals surface area contributed by atoms with E-state index in [1.54, 1.807) is 0 Å². The maximum Gasteiger partial charge on any atom is 0.304 e. The Bertz CT molecular complexity index is 453. The summed E-state index contributed by atoms with van der Waals surface area (Å²) >= 11 is 6.23. The number of rotatable bonds is 9. The lowest BCUT2D eigenvalue weighted by Gasteiger charge is -1.99. The summed E-state index contributed by atoms with van der Waals surface area (Å²) in [5.74, 6) is 0. The van der Waals surface area contributed by atoms with E-state index < -0.39 is 10.1 Å². The lowest BCUT2D eigenvalue weighted by atomic mass is 10.1. The first-order valence-corrected chi connectivity index (χ1v) is 9.98. The number of hydrogen-bond acceptors (Lipinski definition) is 4. The molecule has 1 aromatic heterocycles. The monoisotopic (exact) mass is 355 g/mol. The summed E-state index contributed by atoms with van der Waals surface area (Å²) in [5, 5.41) is 0. The van der Waals surface area contributed by atoms with Gasteiger partial charge in [-0.25, -0.2) is 0 Å². The fourth-order valence-corrected chi connectivity index (χ4v) is 3.56. The molecule has 1 aromatic rings. The number of thiophene rings is 1. The van der Waals surface area contributed by atoms with Crippen LogP contribution in [0.1, 0.15) is 58.3 Å². The van der Waals surface area contributed by atoms with Gasteiger partial charge in [0, 0.05) is 0 Å². The van der Waals surface area contributed by atoms with Crippen molar-refractivity contribution in [2.75, 3.05) is 6.54 Å². The van der Waals surface area contributed by atoms with Crippen molar-refractivity contribution in [2.24, 2.45) is 5.73 Å². The van der Waals surface area contributed by atoms with E-state index in [0.29, 0.717) is 4.34 Å². The Morgan fingerprint density at radius 2 is 1.62 bits per heavy atom. The van der Waals surface area contributed by atoms with Crippen LogP contribution in [0.15, 0.2) is 16.3 Å². The van der Waals surface area contributed by atoms with Crippen molar-refractivity contribution >= 4 is 33.1 Å². The van der Waals surface area contributed by atoms with Crippen molar-refractivity contribution < 1.29 is 13.0 Å². The highest BCUT2D eigenvalue weighted by molar-refractivity contribution is 7.88. The smallest absolute Gasteiger partial charge is 0.304 e. The zero-order valence-electron chi connectivity index (χ0n) is 12.6. The van der Waals surface area contributed by atoms with Crippen LogP contribution < -0.4 is 5.73 Å². The maximum atomic E-state index is 10.4. The van der Waals surface area contributed by atoms with E-state index in [9.17, 15) is 8.42 Å². The van der Waals surface area contributed by atoms with Crippen LogP contribution in [-0.4, -0.2) is 19.5 Å². The van der Waals surface area contributed by atoms with Crippen LogP contribution in [0.2, 0.25) is 4.34 Å². The molecular weight excluding hydrogens is 330 g/mol. The minimum absolute atomic E-state index is 0.127. The fourth-order valence-electron chi connectivity index (χ4n) is 1.71. The number of halogens is 1. The molecule has 0 atom stereocenters. The molecule has 0 amide bonds. The highest BCUT2D eigenvalue weighted by Crippen LogP contribution is 2.24. The van der Waals surface area contributed by atoms with Gasteiger partial charge in [0.1, 0.15) is 4.21 Å². The van der Waals surface area contributed by atoms with Gasteiger partial charge in [-0.05, 0) is 25.1 Å². The van der Waals surface area contributed by atoms with Crippen molar-refractivity contribution in [3.8, 4) is 0 Å². The Morgan fingerprint density at radius 1 is 1.10 bits per heavy atom. The van der Waals surface area contributed by atoms with E-state index in [-0.39, 0.29) is 4.21 Å². The molecular formula is C14H26ClNO3S2. The lowest BCUT2D eigenvalue weighted by Crippen LogP contribution is -1.97. The first-order chi connectivity index (χ1) is 9.91. The third kappa shape index (κ3) is 12.1. The molecule has 0 aromatic carbocycles. The van der Waals surface area contributed by atoms with Gasteiger partial charge in [0.05, 0.1) is 4.34 Å². The van der Waals surface area contributed by atoms with Gasteiger partial charge >= 0.3 is 10.1 Å². The van der Waals surface area contributed by atoms with Crippen LogP contribution in [0.5, 0.6) is 0 Å². The van der Waals surface area contributed by atoms with Crippen molar-refractivity contribution in [1.82, 2.24) is 0 Å². The topological polar surface area (TPSA) is 80.4 Å². The molecule has 0 aliphatic rings. The normalized spacial score (nSPS) is 11.0. The molecule has 0 spiro atoms. The molecule has 0 saturated carbocycles. The average Bonchev–Trinajstić information content (AvgIpc) is 2.85. The molecule has 3 N–H and O–H groups in total. The molecule has 0 unspecified atom stereocenters. The summed E-state index contributed by atoms with van der Waals surface area (Å²) in [6, 6.07) is 2.66. The van der Waals surface area contributed by atoms with E-state index in [2.05, 4.69) is 6.92 Å². The molecule has 7 heteroatoms. The first kappa shape index (κ1) is 20.9. The third-order valence-corrected chi connectivity index (χ3v) is 5.41. The second kappa shape index (κ2) is 12.4. The van der Waals surface area contributed by atoms with Crippen molar-refractivity contribution in [3.63, 3.8) is 0 Å². The number of hydrogen-bond donors (Lipinski definition) is 2. The van der Waals surface area contributed by atoms with Crippen LogP contribution in [0.4, 0.5) is 0 Å². The quantitative estimate of drug-likeness (QED) is 0.495. The summed E-state index contributed by atoms with van der Waals surface area (Å²) in [4.78, 5) is 0. The summed E-state index contributed by atoms with van der Waals surface area (Å²) in [7, 11) is -4.05. The minimum atomic E-state index is -4.05. The summed E-state index contributed by atoms with van der Waals surface area (Å²) in [6.07, 6.45) is 11.0. The van der Waals surface area contributed by atoms with Gasteiger partial charge in [0.2, 0.25) is 0 Å². The average molecular weight is 356 g/mol. The van der Waals surface area contributed by atoms with Gasteiger partial charge in [-0.1, -0.05) is 63.5 Å². The molecule has 0 bridgehead atoms. The molecule has 0 aliphatic carbocycles. The fraction of sp³-hybridized carbons (Fsp3) is 0.714. The van der Waals surface area contributed by atoms with E-state index in [1.807, 2.05) is 0 Å². The van der Waals surface area contributed by atoms with E-state index in [1.165, 1.54) is 63.5 Å². The SMILES string of the molecule is CCCCCCCCCCN.O=S(=O)(O)c1ccc(Cl)s1. The lowest BCUT2D eigenvalue weighted by molar-refractivity contribution is 0.485. The molecule has 21 heavy (non-hydrogen) atoms. The number of nitrogens with two attached hydrogens (primary N) is 1. The predicted octanol–water partition coefficient (Wildman–Crippen LogP) is 4.73. The summed E-state index contributed by atoms with van der Waals surface area (Å²) in [5.41, 5.74) is 5.39. The van der Waals surface area contributed by atoms with Crippen molar-refractivity contribution in [3.05, 3.63) is 16.5 Å². The molecule has 4 nitrogen and oxygen atoms in total. The summed E-state index contributed by atoms with van der Waals surface area (Å²) < 4.78 is 29.3. The van der Waals surface area contributed by atoms with Gasteiger partial charge in [-0.15, -0.1) is 11.3 Å². The standard InChI is InChI=1S/C10H23N.C4H3ClO3S2/c1-2-3-4-5-6-7-8-9-10-11;5-3-1-2-4(9-3)10(6,7)8/h2-11H2,1H3;1-2H,(H,6,7,8). The van der Waals surface area contributed by atoms with Crippen LogP contribution in [0.25, 0.3) is 0 Å². The Labute approximate surface area is 137 Å². The highest BCUT2D eigenvalue weighted by atomic mass is 35.5. The molecule has 124 valence electrons. The Kier molecular flexibility index (Phi) is 12.3. The summed E-state index contributed by atoms with van der Waals surface area (Å²) in [6.45, 7) is 3.13. The van der Waals surface area contributed by atoms with Crippen LogP contribution >= 0.6 is 22.9 Å². The second-order valence-electron chi connectivity index (χ2n) is 4.80. The first-order valence-electron chi connectivity index (χ1n) is 7.34. The molecule has 1 heterocycles. The largest absolute Gasteiger partial charge is 0.330 e. The maximum absolute atomic E-state index is 10.4. The molecule has 0 saturated heterocycles.